The monoisotopic (exact) mass is 625 g/mol. The molecule has 3 aliphatic heterocycles. The Hall–Kier alpha value is -1.32. The van der Waals surface area contributed by atoms with Crippen molar-refractivity contribution in [1.29, 1.82) is 0 Å². The van der Waals surface area contributed by atoms with Gasteiger partial charge in [-0.05, 0) is 32.1 Å². The van der Waals surface area contributed by atoms with Crippen LogP contribution in [-0.2, 0) is 14.4 Å². The van der Waals surface area contributed by atoms with Crippen molar-refractivity contribution in [1.82, 2.24) is 14.7 Å². The zero-order valence-electron chi connectivity index (χ0n) is 23.9. The van der Waals surface area contributed by atoms with Gasteiger partial charge in [0.15, 0.2) is 0 Å². The zero-order valence-corrected chi connectivity index (χ0v) is 26.3. The van der Waals surface area contributed by atoms with Gasteiger partial charge in [-0.1, -0.05) is 67.6 Å². The van der Waals surface area contributed by atoms with Gasteiger partial charge in [0, 0.05) is 49.4 Å². The number of aliphatic hydroxyl groups excluding tert-OH is 1. The van der Waals surface area contributed by atoms with Gasteiger partial charge in [-0.2, -0.15) is 0 Å². The molecule has 0 aliphatic carbocycles. The lowest BCUT2D eigenvalue weighted by Gasteiger charge is -2.38. The first-order chi connectivity index (χ1) is 18.8. The fourth-order valence-corrected chi connectivity index (χ4v) is 10.4. The molecule has 3 unspecified atom stereocenters. The van der Waals surface area contributed by atoms with E-state index < -0.39 is 22.6 Å². The van der Waals surface area contributed by atoms with Crippen molar-refractivity contribution in [3.8, 4) is 0 Å². The number of aliphatic hydroxyl groups is 1. The normalized spacial score (nSPS) is 29.0. The molecule has 0 aromatic carbocycles. The molecule has 3 rings (SSSR count). The van der Waals surface area contributed by atoms with E-state index >= 15 is 0 Å². The van der Waals surface area contributed by atoms with Gasteiger partial charge in [-0.25, -0.2) is 0 Å². The lowest BCUT2D eigenvalue weighted by atomic mass is 9.70. The summed E-state index contributed by atoms with van der Waals surface area (Å²) < 4.78 is -0.616. The SMILES string of the molecule is C=CCN(CCCCC)C(=O)C1N(CCCCCCO)C(=O)[C@@H]2[C@@H](C(=O)N(CC=C)CCC)[C@@H]3SC12CC3Br. The second kappa shape index (κ2) is 15.1. The van der Waals surface area contributed by atoms with Gasteiger partial charge in [-0.3, -0.25) is 14.4 Å². The highest BCUT2D eigenvalue weighted by Gasteiger charge is 2.75. The number of rotatable bonds is 18. The molecule has 39 heavy (non-hydrogen) atoms. The average molecular weight is 627 g/mol. The third-order valence-electron chi connectivity index (χ3n) is 8.46. The maximum Gasteiger partial charge on any atom is 0.247 e. The lowest BCUT2D eigenvalue weighted by molar-refractivity contribution is -0.144. The summed E-state index contributed by atoms with van der Waals surface area (Å²) in [5.41, 5.74) is 0. The Morgan fingerprint density at radius 2 is 1.69 bits per heavy atom. The van der Waals surface area contributed by atoms with Crippen LogP contribution in [0, 0.1) is 11.8 Å². The van der Waals surface area contributed by atoms with E-state index in [1.54, 1.807) is 23.9 Å². The van der Waals surface area contributed by atoms with Crippen LogP contribution in [0.1, 0.15) is 71.6 Å². The van der Waals surface area contributed by atoms with E-state index in [1.807, 2.05) is 21.6 Å². The predicted molar refractivity (Wildman–Crippen MR) is 163 cm³/mol. The zero-order chi connectivity index (χ0) is 28.6. The molecule has 6 atom stereocenters. The second-order valence-corrected chi connectivity index (χ2v) is 13.9. The number of likely N-dealkylation sites (tertiary alicyclic amines) is 1. The smallest absolute Gasteiger partial charge is 0.247 e. The fourth-order valence-electron chi connectivity index (χ4n) is 6.78. The van der Waals surface area contributed by atoms with Crippen molar-refractivity contribution < 1.29 is 19.5 Å². The number of unbranched alkanes of at least 4 members (excludes halogenated alkanes) is 5. The Bertz CT molecular complexity index is 888. The number of carbonyl (C=O) groups excluding carboxylic acids is 3. The average Bonchev–Trinajstić information content (AvgIpc) is 3.50. The third kappa shape index (κ3) is 6.61. The summed E-state index contributed by atoms with van der Waals surface area (Å²) in [6.45, 7) is 14.8. The maximum absolute atomic E-state index is 14.4. The first kappa shape index (κ1) is 32.2. The molecule has 0 aromatic rings. The van der Waals surface area contributed by atoms with Gasteiger partial charge in [0.05, 0.1) is 16.6 Å². The molecule has 9 heteroatoms. The largest absolute Gasteiger partial charge is 0.396 e. The topological polar surface area (TPSA) is 81.2 Å². The van der Waals surface area contributed by atoms with E-state index in [9.17, 15) is 14.4 Å². The Kier molecular flexibility index (Phi) is 12.4. The first-order valence-electron chi connectivity index (χ1n) is 14.8. The number of hydrogen-bond donors (Lipinski definition) is 1. The predicted octanol–water partition coefficient (Wildman–Crippen LogP) is 4.63. The third-order valence-corrected chi connectivity index (χ3v) is 11.7. The van der Waals surface area contributed by atoms with Gasteiger partial charge < -0.3 is 19.8 Å². The van der Waals surface area contributed by atoms with Crippen LogP contribution in [0.25, 0.3) is 0 Å². The molecule has 220 valence electrons. The lowest BCUT2D eigenvalue weighted by Crippen LogP contribution is -2.56. The fraction of sp³-hybridized carbons (Fsp3) is 0.767. The molecule has 3 saturated heterocycles. The minimum Gasteiger partial charge on any atom is -0.396 e. The van der Waals surface area contributed by atoms with E-state index in [0.29, 0.717) is 39.1 Å². The number of carbonyl (C=O) groups is 3. The van der Waals surface area contributed by atoms with Crippen molar-refractivity contribution in [3.63, 3.8) is 0 Å². The van der Waals surface area contributed by atoms with Crippen LogP contribution in [0.5, 0.6) is 0 Å². The molecular formula is C30H48BrN3O4S. The van der Waals surface area contributed by atoms with E-state index in [-0.39, 0.29) is 34.4 Å². The van der Waals surface area contributed by atoms with Crippen molar-refractivity contribution >= 4 is 45.4 Å². The van der Waals surface area contributed by atoms with Crippen molar-refractivity contribution in [3.05, 3.63) is 25.3 Å². The van der Waals surface area contributed by atoms with Crippen LogP contribution in [0.2, 0.25) is 0 Å². The highest BCUT2D eigenvalue weighted by Crippen LogP contribution is 2.68. The number of hydrogen-bond acceptors (Lipinski definition) is 5. The molecule has 2 bridgehead atoms. The quantitative estimate of drug-likeness (QED) is 0.136. The van der Waals surface area contributed by atoms with Crippen molar-refractivity contribution in [2.75, 3.05) is 39.3 Å². The highest BCUT2D eigenvalue weighted by atomic mass is 79.9. The molecule has 3 aliphatic rings. The van der Waals surface area contributed by atoms with Crippen molar-refractivity contribution in [2.24, 2.45) is 11.8 Å². The Balaban J connectivity index is 1.98. The molecule has 1 N–H and O–H groups in total. The summed E-state index contributed by atoms with van der Waals surface area (Å²) >= 11 is 5.59. The standard InChI is InChI=1S/C30H48BrN3O4S/c1-5-9-12-18-33(17-8-4)29(38)26-30-21-22(31)25(39-30)23(27(36)32(15-6-2)16-7-3)24(30)28(37)34(26)19-13-10-11-14-20-35/h6,8,22-26,35H,2,4-5,7,9-21H2,1,3H3/t22?,23-,24+,25-,26?,30?/m1/s1. The number of amides is 3. The summed E-state index contributed by atoms with van der Waals surface area (Å²) in [5, 5.41) is 9.13. The van der Waals surface area contributed by atoms with Crippen LogP contribution >= 0.6 is 27.7 Å². The Morgan fingerprint density at radius 1 is 1.03 bits per heavy atom. The molecule has 1 spiro atoms. The molecule has 0 aromatic heterocycles. The summed E-state index contributed by atoms with van der Waals surface area (Å²) in [6, 6.07) is -0.582. The molecule has 0 saturated carbocycles. The molecule has 3 amide bonds. The van der Waals surface area contributed by atoms with Gasteiger partial charge in [0.2, 0.25) is 17.7 Å². The van der Waals surface area contributed by atoms with Crippen LogP contribution < -0.4 is 0 Å². The van der Waals surface area contributed by atoms with Crippen molar-refractivity contribution in [2.45, 2.75) is 92.5 Å². The Labute approximate surface area is 247 Å². The Morgan fingerprint density at radius 3 is 2.31 bits per heavy atom. The summed E-state index contributed by atoms with van der Waals surface area (Å²) in [7, 11) is 0. The highest BCUT2D eigenvalue weighted by molar-refractivity contribution is 9.09. The van der Waals surface area contributed by atoms with E-state index in [4.69, 9.17) is 5.11 Å². The molecule has 0 radical (unpaired) electrons. The number of nitrogens with zero attached hydrogens (tertiary/aromatic N) is 3. The summed E-state index contributed by atoms with van der Waals surface area (Å²) in [4.78, 5) is 48.3. The molecule has 3 fully saturated rings. The minimum absolute atomic E-state index is 0.00494. The number of alkyl halides is 1. The maximum atomic E-state index is 14.4. The minimum atomic E-state index is -0.616. The van der Waals surface area contributed by atoms with Crippen LogP contribution in [0.15, 0.2) is 25.3 Å². The molecular weight excluding hydrogens is 578 g/mol. The second-order valence-electron chi connectivity index (χ2n) is 11.2. The van der Waals surface area contributed by atoms with Crippen LogP contribution in [0.4, 0.5) is 0 Å². The first-order valence-corrected chi connectivity index (χ1v) is 16.6. The van der Waals surface area contributed by atoms with Gasteiger partial charge >= 0.3 is 0 Å². The molecule has 3 heterocycles. The van der Waals surface area contributed by atoms with Crippen LogP contribution in [0.3, 0.4) is 0 Å². The van der Waals surface area contributed by atoms with Gasteiger partial charge in [0.25, 0.3) is 0 Å². The van der Waals surface area contributed by atoms with Gasteiger partial charge in [0.1, 0.15) is 6.04 Å². The molecule has 7 nitrogen and oxygen atoms in total. The number of fused-ring (bicyclic) bond motifs is 1. The van der Waals surface area contributed by atoms with E-state index in [0.717, 1.165) is 51.4 Å². The van der Waals surface area contributed by atoms with E-state index in [1.165, 1.54) is 0 Å². The van der Waals surface area contributed by atoms with Gasteiger partial charge in [-0.15, -0.1) is 24.9 Å². The summed E-state index contributed by atoms with van der Waals surface area (Å²) in [6.07, 6.45) is 11.4. The van der Waals surface area contributed by atoms with Crippen LogP contribution in [-0.4, -0.2) is 97.7 Å². The summed E-state index contributed by atoms with van der Waals surface area (Å²) in [5.74, 6) is -0.971. The number of thioether (sulfide) groups is 1. The van der Waals surface area contributed by atoms with E-state index in [2.05, 4.69) is 36.0 Å². The number of halogens is 1.